The topological polar surface area (TPSA) is 164 Å². The lowest BCUT2D eigenvalue weighted by atomic mass is 10.0. The van der Waals surface area contributed by atoms with Gasteiger partial charge >= 0.3 is 11.9 Å². The number of benzene rings is 1. The molecule has 1 fully saturated rings. The van der Waals surface area contributed by atoms with Gasteiger partial charge in [0, 0.05) is 38.0 Å². The summed E-state index contributed by atoms with van der Waals surface area (Å²) in [5, 5.41) is 11.4. The largest absolute Gasteiger partial charge is 0.475 e. The van der Waals surface area contributed by atoms with Gasteiger partial charge in [0.2, 0.25) is 11.8 Å². The van der Waals surface area contributed by atoms with Crippen molar-refractivity contribution in [1.29, 1.82) is 0 Å². The van der Waals surface area contributed by atoms with Gasteiger partial charge in [-0.15, -0.1) is 11.3 Å². The predicted molar refractivity (Wildman–Crippen MR) is 208 cm³/mol. The normalized spacial score (nSPS) is 17.2. The van der Waals surface area contributed by atoms with Gasteiger partial charge in [-0.25, -0.2) is 14.1 Å². The van der Waals surface area contributed by atoms with Gasteiger partial charge in [0.1, 0.15) is 29.8 Å². The van der Waals surface area contributed by atoms with E-state index in [0.29, 0.717) is 23.8 Å². The molecular weight excluding hydrogens is 748 g/mol. The summed E-state index contributed by atoms with van der Waals surface area (Å²) in [6, 6.07) is -0.120. The fourth-order valence-electron chi connectivity index (χ4n) is 6.14. The lowest BCUT2D eigenvalue weighted by Crippen LogP contribution is -2.49. The smallest absolute Gasteiger partial charge is 0.308 e. The highest BCUT2D eigenvalue weighted by Crippen LogP contribution is 2.38. The van der Waals surface area contributed by atoms with E-state index in [1.54, 1.807) is 25.6 Å². The van der Waals surface area contributed by atoms with Gasteiger partial charge in [-0.1, -0.05) is 44.9 Å². The van der Waals surface area contributed by atoms with Crippen molar-refractivity contribution in [3.05, 3.63) is 40.9 Å². The number of rotatable bonds is 16. The van der Waals surface area contributed by atoms with Crippen LogP contribution in [0, 0.1) is 18.7 Å². The van der Waals surface area contributed by atoms with Gasteiger partial charge < -0.3 is 28.9 Å². The van der Waals surface area contributed by atoms with Crippen LogP contribution in [-0.4, -0.2) is 88.9 Å². The van der Waals surface area contributed by atoms with Crippen LogP contribution in [0.3, 0.4) is 0 Å². The summed E-state index contributed by atoms with van der Waals surface area (Å²) in [7, 11) is -1.83. The molecule has 2 amide bonds. The standard InChI is InChI=1S/C38H55FN6O8SSi/c1-22(2)34(45-20-33(42-43-45)50-14-12-13-15-51-55(10,11)38(7,8)9)37(49)44-19-27(52-25(5)46)16-31(44)36(48)41-23(3)28-17-30(39)29(18-32(28)53-26(6)47)35-24(4)40-21-54-35/h17-18,20-23,27,31,34H,12-16,19H2,1-11H3,(H,41,48)/t23-,27+,31-,34-/m0/s1. The average Bonchev–Trinajstić information content (AvgIpc) is 3.82. The first kappa shape index (κ1) is 43.5. The summed E-state index contributed by atoms with van der Waals surface area (Å²) >= 11 is 1.25. The third kappa shape index (κ3) is 11.0. The highest BCUT2D eigenvalue weighted by atomic mass is 32.1. The van der Waals surface area contributed by atoms with E-state index < -0.39 is 62.1 Å². The molecule has 14 nitrogen and oxygen atoms in total. The zero-order valence-electron chi connectivity index (χ0n) is 33.7. The lowest BCUT2D eigenvalue weighted by Gasteiger charge is -2.36. The van der Waals surface area contributed by atoms with E-state index in [-0.39, 0.29) is 46.7 Å². The number of hydrogen-bond donors (Lipinski definition) is 1. The van der Waals surface area contributed by atoms with Crippen LogP contribution in [0.5, 0.6) is 11.6 Å². The molecule has 4 rings (SSSR count). The van der Waals surface area contributed by atoms with Crippen LogP contribution in [0.2, 0.25) is 18.1 Å². The monoisotopic (exact) mass is 802 g/mol. The molecule has 1 N–H and O–H groups in total. The number of unbranched alkanes of at least 4 members (excludes halogenated alkanes) is 1. The molecule has 0 radical (unpaired) electrons. The zero-order chi connectivity index (χ0) is 40.8. The number of nitrogens with one attached hydrogen (secondary N) is 1. The summed E-state index contributed by atoms with van der Waals surface area (Å²) in [6.45, 7) is 21.6. The van der Waals surface area contributed by atoms with Crippen molar-refractivity contribution < 1.29 is 42.2 Å². The molecule has 0 unspecified atom stereocenters. The summed E-state index contributed by atoms with van der Waals surface area (Å²) in [5.74, 6) is -2.68. The fourth-order valence-corrected chi connectivity index (χ4v) is 8.05. The Morgan fingerprint density at radius 2 is 1.76 bits per heavy atom. The average molecular weight is 803 g/mol. The highest BCUT2D eigenvalue weighted by Gasteiger charge is 2.45. The van der Waals surface area contributed by atoms with E-state index >= 15 is 4.39 Å². The number of esters is 2. The number of halogens is 1. The van der Waals surface area contributed by atoms with E-state index in [9.17, 15) is 19.2 Å². The Labute approximate surface area is 327 Å². The van der Waals surface area contributed by atoms with Gasteiger partial charge in [0.25, 0.3) is 5.88 Å². The first-order valence-corrected chi connectivity index (χ1v) is 22.4. The van der Waals surface area contributed by atoms with Crippen LogP contribution in [0.1, 0.15) is 98.0 Å². The summed E-state index contributed by atoms with van der Waals surface area (Å²) < 4.78 is 40.0. The first-order valence-electron chi connectivity index (χ1n) is 18.6. The quantitative estimate of drug-likeness (QED) is 0.0722. The van der Waals surface area contributed by atoms with Gasteiger partial charge in [0.05, 0.1) is 41.5 Å². The van der Waals surface area contributed by atoms with Gasteiger partial charge in [-0.2, -0.15) is 0 Å². The minimum absolute atomic E-state index is 0.0284. The molecule has 1 aliphatic rings. The van der Waals surface area contributed by atoms with Crippen LogP contribution >= 0.6 is 11.3 Å². The summed E-state index contributed by atoms with van der Waals surface area (Å²) in [5.41, 5.74) is 2.65. The van der Waals surface area contributed by atoms with E-state index in [1.807, 2.05) is 13.8 Å². The number of ether oxygens (including phenoxy) is 3. The van der Waals surface area contributed by atoms with Crippen LogP contribution in [0.25, 0.3) is 10.4 Å². The van der Waals surface area contributed by atoms with Crippen molar-refractivity contribution >= 4 is 43.4 Å². The Morgan fingerprint density at radius 1 is 1.07 bits per heavy atom. The first-order chi connectivity index (χ1) is 25.7. The molecule has 1 aliphatic heterocycles. The Hall–Kier alpha value is -4.22. The number of carbonyl (C=O) groups is 4. The van der Waals surface area contributed by atoms with Gasteiger partial charge in [-0.05, 0) is 62.9 Å². The second-order valence-corrected chi connectivity index (χ2v) is 21.5. The second-order valence-electron chi connectivity index (χ2n) is 15.8. The number of aryl methyl sites for hydroxylation is 1. The SMILES string of the molecule is CC(=O)Oc1cc(-c2scnc2C)c(F)cc1[C@H](C)NC(=O)[C@@H]1C[C@@H](OC(C)=O)CN1C(=O)[C@H](C(C)C)n1cc(OCCCCO[Si](C)(C)C(C)(C)C)nn1. The molecule has 0 aliphatic carbocycles. The molecule has 4 atom stereocenters. The third-order valence-corrected chi connectivity index (χ3v) is 15.6. The Balaban J connectivity index is 1.49. The van der Waals surface area contributed by atoms with Crippen molar-refractivity contribution in [3.63, 3.8) is 0 Å². The fraction of sp³-hybridized carbons (Fsp3) is 0.605. The van der Waals surface area contributed by atoms with Crippen LogP contribution < -0.4 is 14.8 Å². The maximum atomic E-state index is 15.6. The number of hydrogen-bond acceptors (Lipinski definition) is 12. The van der Waals surface area contributed by atoms with Crippen LogP contribution in [-0.2, 0) is 28.3 Å². The van der Waals surface area contributed by atoms with E-state index in [2.05, 4.69) is 54.5 Å². The maximum absolute atomic E-state index is 15.6. The molecule has 302 valence electrons. The Morgan fingerprint density at radius 3 is 2.36 bits per heavy atom. The van der Waals surface area contributed by atoms with Crippen LogP contribution in [0.4, 0.5) is 4.39 Å². The Bertz CT molecular complexity index is 1840. The van der Waals surface area contributed by atoms with Crippen molar-refractivity contribution in [3.8, 4) is 22.1 Å². The molecule has 2 aromatic heterocycles. The van der Waals surface area contributed by atoms with E-state index in [4.69, 9.17) is 18.6 Å². The molecule has 1 saturated heterocycles. The molecule has 1 aromatic carbocycles. The van der Waals surface area contributed by atoms with Crippen LogP contribution in [0.15, 0.2) is 23.8 Å². The molecule has 0 spiro atoms. The van der Waals surface area contributed by atoms with Crippen molar-refractivity contribution in [2.75, 3.05) is 19.8 Å². The van der Waals surface area contributed by atoms with Crippen molar-refractivity contribution in [1.82, 2.24) is 30.2 Å². The Kier molecular flexibility index (Phi) is 14.4. The number of amides is 2. The summed E-state index contributed by atoms with van der Waals surface area (Å²) in [4.78, 5) is 58.5. The minimum atomic E-state index is -1.83. The lowest BCUT2D eigenvalue weighted by molar-refractivity contribution is -0.147. The molecule has 17 heteroatoms. The molecule has 0 saturated carbocycles. The second kappa shape index (κ2) is 18.2. The van der Waals surface area contributed by atoms with Gasteiger partial charge in [-0.3, -0.25) is 19.2 Å². The number of thiazole rings is 1. The number of nitrogens with zero attached hydrogens (tertiary/aromatic N) is 5. The number of likely N-dealkylation sites (tertiary alicyclic amines) is 1. The summed E-state index contributed by atoms with van der Waals surface area (Å²) in [6.07, 6.45) is 2.43. The number of aromatic nitrogens is 4. The van der Waals surface area contributed by atoms with Crippen molar-refractivity contribution in [2.24, 2.45) is 5.92 Å². The molecule has 3 heterocycles. The minimum Gasteiger partial charge on any atom is -0.475 e. The number of carbonyl (C=O) groups excluding carboxylic acids is 4. The molecule has 0 bridgehead atoms. The maximum Gasteiger partial charge on any atom is 0.308 e. The third-order valence-electron chi connectivity index (χ3n) is 10.1. The van der Waals surface area contributed by atoms with E-state index in [1.165, 1.54) is 46.9 Å². The molecule has 3 aromatic rings. The molecular formula is C38H55FN6O8SSi. The predicted octanol–water partition coefficient (Wildman–Crippen LogP) is 6.56. The van der Waals surface area contributed by atoms with Crippen molar-refractivity contribution in [2.45, 2.75) is 124 Å². The van der Waals surface area contributed by atoms with Gasteiger partial charge in [0.15, 0.2) is 8.32 Å². The zero-order valence-corrected chi connectivity index (χ0v) is 35.5. The van der Waals surface area contributed by atoms with E-state index in [0.717, 1.165) is 12.8 Å². The molecule has 55 heavy (non-hydrogen) atoms. The highest BCUT2D eigenvalue weighted by molar-refractivity contribution is 7.13.